The summed E-state index contributed by atoms with van der Waals surface area (Å²) in [6.45, 7) is 10.7. The van der Waals surface area contributed by atoms with Crippen molar-refractivity contribution < 1.29 is 9.84 Å². The van der Waals surface area contributed by atoms with Gasteiger partial charge in [0, 0.05) is 12.6 Å². The number of aryl methyl sites for hydroxylation is 2. The zero-order valence-corrected chi connectivity index (χ0v) is 13.9. The van der Waals surface area contributed by atoms with Gasteiger partial charge in [0.1, 0.15) is 18.5 Å². The van der Waals surface area contributed by atoms with Crippen LogP contribution in [0.25, 0.3) is 0 Å². The normalized spacial score (nSPS) is 21.3. The van der Waals surface area contributed by atoms with Crippen LogP contribution in [0.3, 0.4) is 0 Å². The van der Waals surface area contributed by atoms with Gasteiger partial charge in [-0.15, -0.1) is 0 Å². The maximum absolute atomic E-state index is 10.2. The number of ether oxygens (including phenoxy) is 1. The van der Waals surface area contributed by atoms with Gasteiger partial charge in [-0.3, -0.25) is 4.90 Å². The smallest absolute Gasteiger partial charge is 0.122 e. The van der Waals surface area contributed by atoms with Gasteiger partial charge in [0.05, 0.1) is 0 Å². The molecule has 0 aliphatic carbocycles. The van der Waals surface area contributed by atoms with Crippen LogP contribution in [0.1, 0.15) is 42.9 Å². The molecule has 2 rings (SSSR count). The van der Waals surface area contributed by atoms with Crippen molar-refractivity contribution in [1.82, 2.24) is 4.90 Å². The van der Waals surface area contributed by atoms with E-state index in [-0.39, 0.29) is 0 Å². The molecule has 1 saturated heterocycles. The molecule has 0 spiro atoms. The standard InChI is InChI=1S/C18H29NO2/c1-13-9-14(2)16(4)18(10-13)21-12-17(20)11-19-8-6-5-7-15(19)3/h9-10,15,17,20H,5-8,11-12H2,1-4H3. The van der Waals surface area contributed by atoms with Crippen LogP contribution in [-0.4, -0.2) is 41.8 Å². The number of piperidine rings is 1. The number of hydrogen-bond acceptors (Lipinski definition) is 3. The zero-order valence-electron chi connectivity index (χ0n) is 13.9. The molecule has 2 unspecified atom stereocenters. The summed E-state index contributed by atoms with van der Waals surface area (Å²) in [4.78, 5) is 2.38. The predicted octanol–water partition coefficient (Wildman–Crippen LogP) is 3.23. The lowest BCUT2D eigenvalue weighted by Crippen LogP contribution is -2.43. The summed E-state index contributed by atoms with van der Waals surface area (Å²) in [7, 11) is 0. The molecule has 1 fully saturated rings. The van der Waals surface area contributed by atoms with Gasteiger partial charge in [-0.25, -0.2) is 0 Å². The molecule has 0 aromatic heterocycles. The molecule has 1 aromatic rings. The molecular formula is C18H29NO2. The van der Waals surface area contributed by atoms with Crippen LogP contribution < -0.4 is 4.74 Å². The molecule has 21 heavy (non-hydrogen) atoms. The Morgan fingerprint density at radius 1 is 1.29 bits per heavy atom. The van der Waals surface area contributed by atoms with E-state index in [4.69, 9.17) is 4.74 Å². The fraction of sp³-hybridized carbons (Fsp3) is 0.667. The molecule has 0 saturated carbocycles. The minimum absolute atomic E-state index is 0.368. The van der Waals surface area contributed by atoms with Crippen molar-refractivity contribution in [1.29, 1.82) is 0 Å². The summed E-state index contributed by atoms with van der Waals surface area (Å²) in [5.41, 5.74) is 3.61. The first kappa shape index (κ1) is 16.3. The van der Waals surface area contributed by atoms with Gasteiger partial charge >= 0.3 is 0 Å². The summed E-state index contributed by atoms with van der Waals surface area (Å²) < 4.78 is 5.86. The quantitative estimate of drug-likeness (QED) is 0.904. The molecule has 2 atom stereocenters. The summed E-state index contributed by atoms with van der Waals surface area (Å²) >= 11 is 0. The highest BCUT2D eigenvalue weighted by atomic mass is 16.5. The third kappa shape index (κ3) is 4.45. The van der Waals surface area contributed by atoms with E-state index in [0.29, 0.717) is 19.2 Å². The van der Waals surface area contributed by atoms with Gasteiger partial charge < -0.3 is 9.84 Å². The van der Waals surface area contributed by atoms with Crippen molar-refractivity contribution in [2.75, 3.05) is 19.7 Å². The Morgan fingerprint density at radius 2 is 2.05 bits per heavy atom. The average molecular weight is 291 g/mol. The molecule has 1 N–H and O–H groups in total. The highest BCUT2D eigenvalue weighted by molar-refractivity contribution is 5.41. The second-order valence-corrected chi connectivity index (χ2v) is 6.51. The van der Waals surface area contributed by atoms with E-state index in [9.17, 15) is 5.11 Å². The largest absolute Gasteiger partial charge is 0.491 e. The number of likely N-dealkylation sites (tertiary alicyclic amines) is 1. The highest BCUT2D eigenvalue weighted by Gasteiger charge is 2.21. The summed E-state index contributed by atoms with van der Waals surface area (Å²) in [5.74, 6) is 0.901. The van der Waals surface area contributed by atoms with Crippen LogP contribution in [-0.2, 0) is 0 Å². The van der Waals surface area contributed by atoms with Crippen molar-refractivity contribution in [2.45, 2.75) is 59.1 Å². The Labute approximate surface area is 128 Å². The second kappa shape index (κ2) is 7.28. The van der Waals surface area contributed by atoms with E-state index < -0.39 is 6.10 Å². The number of nitrogens with zero attached hydrogens (tertiary/aromatic N) is 1. The molecule has 1 aliphatic heterocycles. The number of benzene rings is 1. The Balaban J connectivity index is 1.87. The molecule has 3 nitrogen and oxygen atoms in total. The molecule has 0 amide bonds. The van der Waals surface area contributed by atoms with Crippen molar-refractivity contribution in [2.24, 2.45) is 0 Å². The topological polar surface area (TPSA) is 32.7 Å². The van der Waals surface area contributed by atoms with Gasteiger partial charge in [0.2, 0.25) is 0 Å². The van der Waals surface area contributed by atoms with Crippen LogP contribution in [0.5, 0.6) is 5.75 Å². The van der Waals surface area contributed by atoms with Gasteiger partial charge in [0.15, 0.2) is 0 Å². The van der Waals surface area contributed by atoms with E-state index in [1.165, 1.54) is 36.0 Å². The minimum atomic E-state index is -0.425. The third-order valence-electron chi connectivity index (χ3n) is 4.58. The first-order valence-corrected chi connectivity index (χ1v) is 8.10. The lowest BCUT2D eigenvalue weighted by molar-refractivity contribution is 0.0436. The fourth-order valence-corrected chi connectivity index (χ4v) is 3.09. The number of hydrogen-bond donors (Lipinski definition) is 1. The van der Waals surface area contributed by atoms with Gasteiger partial charge in [0.25, 0.3) is 0 Å². The van der Waals surface area contributed by atoms with Crippen LogP contribution in [0, 0.1) is 20.8 Å². The molecular weight excluding hydrogens is 262 g/mol. The first-order chi connectivity index (χ1) is 9.97. The van der Waals surface area contributed by atoms with Gasteiger partial charge in [-0.1, -0.05) is 12.5 Å². The van der Waals surface area contributed by atoms with E-state index >= 15 is 0 Å². The summed E-state index contributed by atoms with van der Waals surface area (Å²) in [5, 5.41) is 10.2. The summed E-state index contributed by atoms with van der Waals surface area (Å²) in [6, 6.07) is 4.79. The minimum Gasteiger partial charge on any atom is -0.491 e. The van der Waals surface area contributed by atoms with E-state index in [0.717, 1.165) is 12.3 Å². The predicted molar refractivity (Wildman–Crippen MR) is 87.0 cm³/mol. The van der Waals surface area contributed by atoms with Gasteiger partial charge in [-0.2, -0.15) is 0 Å². The molecule has 1 aliphatic rings. The molecule has 118 valence electrons. The Morgan fingerprint density at radius 3 is 2.76 bits per heavy atom. The maximum atomic E-state index is 10.2. The maximum Gasteiger partial charge on any atom is 0.122 e. The monoisotopic (exact) mass is 291 g/mol. The fourth-order valence-electron chi connectivity index (χ4n) is 3.09. The number of aliphatic hydroxyl groups excluding tert-OH is 1. The van der Waals surface area contributed by atoms with Crippen molar-refractivity contribution in [3.63, 3.8) is 0 Å². The molecule has 3 heteroatoms. The number of β-amino-alcohol motifs (C(OH)–C–C–N with tert-alkyl or cyclic N) is 1. The first-order valence-electron chi connectivity index (χ1n) is 8.10. The molecule has 1 heterocycles. The van der Waals surface area contributed by atoms with E-state index in [1.54, 1.807) is 0 Å². The van der Waals surface area contributed by atoms with Crippen LogP contribution in [0.4, 0.5) is 0 Å². The average Bonchev–Trinajstić information content (AvgIpc) is 2.44. The van der Waals surface area contributed by atoms with Crippen molar-refractivity contribution in [3.8, 4) is 5.75 Å². The lowest BCUT2D eigenvalue weighted by atomic mass is 10.0. The molecule has 1 aromatic carbocycles. The molecule has 0 bridgehead atoms. The lowest BCUT2D eigenvalue weighted by Gasteiger charge is -2.34. The number of aliphatic hydroxyl groups is 1. The zero-order chi connectivity index (χ0) is 15.4. The third-order valence-corrected chi connectivity index (χ3v) is 4.58. The SMILES string of the molecule is Cc1cc(C)c(C)c(OCC(O)CN2CCCCC2C)c1. The van der Waals surface area contributed by atoms with Crippen molar-refractivity contribution in [3.05, 3.63) is 28.8 Å². The second-order valence-electron chi connectivity index (χ2n) is 6.51. The van der Waals surface area contributed by atoms with Crippen LogP contribution in [0.15, 0.2) is 12.1 Å². The number of rotatable bonds is 5. The van der Waals surface area contributed by atoms with E-state index in [2.05, 4.69) is 44.7 Å². The molecule has 0 radical (unpaired) electrons. The van der Waals surface area contributed by atoms with E-state index in [1.807, 2.05) is 0 Å². The Bertz CT molecular complexity index is 473. The van der Waals surface area contributed by atoms with Crippen LogP contribution >= 0.6 is 0 Å². The van der Waals surface area contributed by atoms with Gasteiger partial charge in [-0.05, 0) is 69.8 Å². The van der Waals surface area contributed by atoms with Crippen molar-refractivity contribution >= 4 is 0 Å². The highest BCUT2D eigenvalue weighted by Crippen LogP contribution is 2.23. The summed E-state index contributed by atoms with van der Waals surface area (Å²) in [6.07, 6.45) is 3.37. The Hall–Kier alpha value is -1.06. The van der Waals surface area contributed by atoms with Crippen LogP contribution in [0.2, 0.25) is 0 Å². The Kier molecular flexibility index (Phi) is 5.65.